The van der Waals surface area contributed by atoms with Gasteiger partial charge in [0.25, 0.3) is 5.56 Å². The Bertz CT molecular complexity index is 1350. The standard InChI is InChI=1S/C21H13F3N4O2S2/c22-21(23,24)14-2-3-17-12(5-14)1-4-20(30)28(17)8-18(29)27-19-6-15(13(7-25)9-32-19)16-10-31-11-26-16/h1-6,9-11,15H,8H2,(H,27,29). The van der Waals surface area contributed by atoms with Crippen molar-refractivity contribution in [2.75, 3.05) is 0 Å². The third-order valence-corrected chi connectivity index (χ3v) is 6.22. The minimum absolute atomic E-state index is 0.198. The van der Waals surface area contributed by atoms with Gasteiger partial charge in [-0.25, -0.2) is 4.98 Å². The highest BCUT2D eigenvalue weighted by atomic mass is 32.2. The zero-order valence-corrected chi connectivity index (χ0v) is 17.7. The van der Waals surface area contributed by atoms with Gasteiger partial charge in [0.2, 0.25) is 5.91 Å². The minimum Gasteiger partial charge on any atom is -0.319 e. The molecular formula is C21H13F3N4O2S2. The van der Waals surface area contributed by atoms with E-state index in [0.29, 0.717) is 16.3 Å². The molecule has 0 bridgehead atoms. The normalized spacial score (nSPS) is 16.2. The number of halogens is 3. The third-order valence-electron chi connectivity index (χ3n) is 4.75. The van der Waals surface area contributed by atoms with Crippen LogP contribution in [0.1, 0.15) is 17.2 Å². The summed E-state index contributed by atoms with van der Waals surface area (Å²) in [6.07, 6.45) is -2.81. The van der Waals surface area contributed by atoms with E-state index < -0.39 is 29.1 Å². The smallest absolute Gasteiger partial charge is 0.319 e. The zero-order valence-electron chi connectivity index (χ0n) is 16.1. The second-order valence-electron chi connectivity index (χ2n) is 6.80. The van der Waals surface area contributed by atoms with E-state index in [1.54, 1.807) is 17.0 Å². The van der Waals surface area contributed by atoms with Gasteiger partial charge in [-0.2, -0.15) is 18.4 Å². The number of amides is 1. The Morgan fingerprint density at radius 2 is 2.09 bits per heavy atom. The van der Waals surface area contributed by atoms with Gasteiger partial charge in [0, 0.05) is 17.0 Å². The lowest BCUT2D eigenvalue weighted by Crippen LogP contribution is -2.31. The van der Waals surface area contributed by atoms with Crippen molar-refractivity contribution in [1.29, 1.82) is 5.26 Å². The SMILES string of the molecule is N#CC1=CSC(NC(=O)Cn2c(=O)ccc3cc(C(F)(F)F)ccc32)=CC1c1cscn1. The van der Waals surface area contributed by atoms with Crippen molar-refractivity contribution in [3.05, 3.63) is 84.9 Å². The fourth-order valence-electron chi connectivity index (χ4n) is 3.23. The van der Waals surface area contributed by atoms with Gasteiger partial charge in [-0.1, -0.05) is 11.8 Å². The topological polar surface area (TPSA) is 87.8 Å². The van der Waals surface area contributed by atoms with E-state index in [2.05, 4.69) is 16.4 Å². The van der Waals surface area contributed by atoms with Crippen LogP contribution in [0.15, 0.2) is 68.1 Å². The Balaban J connectivity index is 1.57. The maximum absolute atomic E-state index is 13.0. The molecule has 2 aromatic heterocycles. The molecule has 0 fully saturated rings. The summed E-state index contributed by atoms with van der Waals surface area (Å²) >= 11 is 2.54. The van der Waals surface area contributed by atoms with Crippen LogP contribution < -0.4 is 10.9 Å². The molecule has 3 heterocycles. The summed E-state index contributed by atoms with van der Waals surface area (Å²) in [5, 5.41) is 16.2. The minimum atomic E-state index is -4.51. The van der Waals surface area contributed by atoms with Crippen molar-refractivity contribution in [2.45, 2.75) is 18.6 Å². The van der Waals surface area contributed by atoms with Crippen molar-refractivity contribution >= 4 is 39.9 Å². The van der Waals surface area contributed by atoms with E-state index in [4.69, 9.17) is 0 Å². The number of aromatic nitrogens is 2. The summed E-state index contributed by atoms with van der Waals surface area (Å²) in [5.41, 5.74) is 1.69. The molecule has 11 heteroatoms. The molecule has 1 unspecified atom stereocenters. The number of hydrogen-bond acceptors (Lipinski definition) is 6. The Morgan fingerprint density at radius 1 is 1.28 bits per heavy atom. The van der Waals surface area contributed by atoms with Crippen molar-refractivity contribution in [3.8, 4) is 6.07 Å². The Kier molecular flexibility index (Phi) is 5.90. The van der Waals surface area contributed by atoms with E-state index >= 15 is 0 Å². The molecule has 1 aromatic carbocycles. The number of pyridine rings is 1. The van der Waals surface area contributed by atoms with Crippen LogP contribution in [0.2, 0.25) is 0 Å². The number of hydrogen-bond donors (Lipinski definition) is 1. The Labute approximate surface area is 187 Å². The number of nitriles is 1. The van der Waals surface area contributed by atoms with Crippen molar-refractivity contribution < 1.29 is 18.0 Å². The molecule has 0 saturated heterocycles. The fourth-order valence-corrected chi connectivity index (χ4v) is 4.66. The van der Waals surface area contributed by atoms with E-state index in [9.17, 15) is 28.0 Å². The van der Waals surface area contributed by atoms with Crippen LogP contribution >= 0.6 is 23.1 Å². The number of rotatable bonds is 4. The molecule has 162 valence electrons. The molecule has 1 amide bonds. The lowest BCUT2D eigenvalue weighted by Gasteiger charge is -2.18. The van der Waals surface area contributed by atoms with E-state index in [0.717, 1.165) is 34.5 Å². The number of carbonyl (C=O) groups is 1. The average molecular weight is 474 g/mol. The second kappa shape index (κ2) is 8.64. The first-order valence-electron chi connectivity index (χ1n) is 9.13. The zero-order chi connectivity index (χ0) is 22.9. The first-order chi connectivity index (χ1) is 15.3. The number of thiazole rings is 1. The number of nitrogens with one attached hydrogen (secondary N) is 1. The van der Waals surface area contributed by atoms with Gasteiger partial charge in [-0.3, -0.25) is 14.2 Å². The molecule has 1 N–H and O–H groups in total. The van der Waals surface area contributed by atoms with Crippen LogP contribution in [0.4, 0.5) is 13.2 Å². The summed E-state index contributed by atoms with van der Waals surface area (Å²) in [5.74, 6) is -0.923. The third kappa shape index (κ3) is 4.46. The summed E-state index contributed by atoms with van der Waals surface area (Å²) in [4.78, 5) is 29.2. The highest BCUT2D eigenvalue weighted by Gasteiger charge is 2.30. The number of benzene rings is 1. The monoisotopic (exact) mass is 474 g/mol. The van der Waals surface area contributed by atoms with Gasteiger partial charge in [0.1, 0.15) is 6.54 Å². The number of alkyl halides is 3. The summed E-state index contributed by atoms with van der Waals surface area (Å²) in [7, 11) is 0. The highest BCUT2D eigenvalue weighted by molar-refractivity contribution is 8.05. The molecule has 0 radical (unpaired) electrons. The maximum Gasteiger partial charge on any atom is 0.416 e. The molecule has 3 aromatic rings. The van der Waals surface area contributed by atoms with Crippen molar-refractivity contribution in [3.63, 3.8) is 0 Å². The van der Waals surface area contributed by atoms with Gasteiger partial charge in [0.15, 0.2) is 0 Å². The Morgan fingerprint density at radius 3 is 2.78 bits per heavy atom. The van der Waals surface area contributed by atoms with E-state index in [1.165, 1.54) is 23.5 Å². The Hall–Kier alpha value is -3.36. The largest absolute Gasteiger partial charge is 0.416 e. The predicted octanol–water partition coefficient (Wildman–Crippen LogP) is 4.37. The van der Waals surface area contributed by atoms with Crippen LogP contribution in [0.3, 0.4) is 0 Å². The number of allylic oxidation sites excluding steroid dienone is 2. The van der Waals surface area contributed by atoms with Gasteiger partial charge >= 0.3 is 6.18 Å². The lowest BCUT2D eigenvalue weighted by atomic mass is 9.98. The first-order valence-corrected chi connectivity index (χ1v) is 11.0. The number of thioether (sulfide) groups is 1. The average Bonchev–Trinajstić information content (AvgIpc) is 3.29. The molecular weight excluding hydrogens is 461 g/mol. The van der Waals surface area contributed by atoms with Gasteiger partial charge in [-0.15, -0.1) is 11.3 Å². The van der Waals surface area contributed by atoms with Crippen LogP contribution in [0.5, 0.6) is 0 Å². The number of nitrogens with zero attached hydrogens (tertiary/aromatic N) is 3. The van der Waals surface area contributed by atoms with Crippen LogP contribution in [0, 0.1) is 11.3 Å². The molecule has 0 aliphatic carbocycles. The van der Waals surface area contributed by atoms with Crippen LogP contribution in [-0.2, 0) is 17.5 Å². The molecule has 0 saturated carbocycles. The van der Waals surface area contributed by atoms with Crippen molar-refractivity contribution in [2.24, 2.45) is 0 Å². The van der Waals surface area contributed by atoms with Gasteiger partial charge in [0.05, 0.1) is 39.3 Å². The molecule has 32 heavy (non-hydrogen) atoms. The van der Waals surface area contributed by atoms with E-state index in [1.807, 2.05) is 5.38 Å². The summed E-state index contributed by atoms with van der Waals surface area (Å²) in [6, 6.07) is 7.55. The predicted molar refractivity (Wildman–Crippen MR) is 116 cm³/mol. The van der Waals surface area contributed by atoms with Crippen molar-refractivity contribution in [1.82, 2.24) is 14.9 Å². The quantitative estimate of drug-likeness (QED) is 0.607. The summed E-state index contributed by atoms with van der Waals surface area (Å²) in [6.45, 7) is -0.379. The van der Waals surface area contributed by atoms with Gasteiger partial charge in [-0.05, 0) is 41.1 Å². The van der Waals surface area contributed by atoms with Crippen LogP contribution in [0.25, 0.3) is 10.9 Å². The molecule has 1 aliphatic heterocycles. The molecule has 4 rings (SSSR count). The molecule has 1 aliphatic rings. The van der Waals surface area contributed by atoms with Crippen LogP contribution in [-0.4, -0.2) is 15.5 Å². The second-order valence-corrected chi connectivity index (χ2v) is 8.43. The lowest BCUT2D eigenvalue weighted by molar-refractivity contribution is -0.137. The number of fused-ring (bicyclic) bond motifs is 1. The molecule has 1 atom stereocenters. The fraction of sp³-hybridized carbons (Fsp3) is 0.143. The highest BCUT2D eigenvalue weighted by Crippen LogP contribution is 2.35. The molecule has 0 spiro atoms. The number of carbonyl (C=O) groups excluding carboxylic acids is 1. The maximum atomic E-state index is 13.0. The summed E-state index contributed by atoms with van der Waals surface area (Å²) < 4.78 is 40.1. The van der Waals surface area contributed by atoms with Gasteiger partial charge < -0.3 is 5.32 Å². The van der Waals surface area contributed by atoms with E-state index in [-0.39, 0.29) is 17.4 Å². The first kappa shape index (κ1) is 21.9. The molecule has 6 nitrogen and oxygen atoms in total.